The molecule has 0 aromatic carbocycles. The van der Waals surface area contributed by atoms with Gasteiger partial charge in [-0.15, -0.1) is 11.3 Å². The highest BCUT2D eigenvalue weighted by Crippen LogP contribution is 2.28. The molecule has 0 unspecified atom stereocenters. The summed E-state index contributed by atoms with van der Waals surface area (Å²) >= 11 is 3.39. The van der Waals surface area contributed by atoms with Crippen LogP contribution in [0.3, 0.4) is 0 Å². The van der Waals surface area contributed by atoms with Crippen molar-refractivity contribution in [2.24, 2.45) is 7.05 Å². The summed E-state index contributed by atoms with van der Waals surface area (Å²) in [5.41, 5.74) is 3.07. The fourth-order valence-corrected chi connectivity index (χ4v) is 3.91. The van der Waals surface area contributed by atoms with Crippen LogP contribution in [-0.2, 0) is 20.0 Å². The minimum atomic E-state index is 0.729. The molecule has 0 atom stereocenters. The van der Waals surface area contributed by atoms with Crippen LogP contribution >= 0.6 is 22.7 Å². The fourth-order valence-electron chi connectivity index (χ4n) is 2.09. The molecule has 0 spiro atoms. The molecule has 0 radical (unpaired) electrons. The Balaban J connectivity index is 1.71. The van der Waals surface area contributed by atoms with Crippen LogP contribution in [0.15, 0.2) is 5.38 Å². The first kappa shape index (κ1) is 13.5. The number of thiazole rings is 2. The van der Waals surface area contributed by atoms with Crippen LogP contribution in [0, 0.1) is 6.92 Å². The zero-order valence-electron chi connectivity index (χ0n) is 11.8. The number of rotatable bonds is 5. The Hall–Kier alpha value is -1.47. The van der Waals surface area contributed by atoms with E-state index in [4.69, 9.17) is 0 Å². The third-order valence-electron chi connectivity index (χ3n) is 3.03. The van der Waals surface area contributed by atoms with Crippen molar-refractivity contribution >= 4 is 38.2 Å². The summed E-state index contributed by atoms with van der Waals surface area (Å²) in [7, 11) is 1.93. The van der Waals surface area contributed by atoms with Gasteiger partial charge in [-0.05, 0) is 19.8 Å². The Morgan fingerprint density at radius 2 is 2.20 bits per heavy atom. The van der Waals surface area contributed by atoms with Gasteiger partial charge in [0.05, 0.1) is 27.6 Å². The van der Waals surface area contributed by atoms with Crippen molar-refractivity contribution in [2.45, 2.75) is 33.2 Å². The first-order valence-electron chi connectivity index (χ1n) is 6.64. The number of anilines is 1. The van der Waals surface area contributed by atoms with E-state index < -0.39 is 0 Å². The quantitative estimate of drug-likeness (QED) is 0.785. The molecule has 3 rings (SSSR count). The van der Waals surface area contributed by atoms with E-state index >= 15 is 0 Å². The number of hydrogen-bond acceptors (Lipinski definition) is 6. The fraction of sp³-hybridized carbons (Fsp3) is 0.462. The van der Waals surface area contributed by atoms with Gasteiger partial charge < -0.3 is 5.32 Å². The maximum atomic E-state index is 4.61. The van der Waals surface area contributed by atoms with Crippen LogP contribution in [0.5, 0.6) is 0 Å². The van der Waals surface area contributed by atoms with Crippen molar-refractivity contribution in [1.82, 2.24) is 19.7 Å². The van der Waals surface area contributed by atoms with Crippen molar-refractivity contribution in [2.75, 3.05) is 5.32 Å². The summed E-state index contributed by atoms with van der Waals surface area (Å²) in [5, 5.41) is 12.0. The average molecular weight is 307 g/mol. The highest BCUT2D eigenvalue weighted by molar-refractivity contribution is 7.22. The minimum Gasteiger partial charge on any atom is -0.356 e. The maximum absolute atomic E-state index is 4.61. The van der Waals surface area contributed by atoms with E-state index in [1.165, 1.54) is 5.01 Å². The normalized spacial score (nSPS) is 11.3. The van der Waals surface area contributed by atoms with Gasteiger partial charge in [0.25, 0.3) is 0 Å². The predicted molar refractivity (Wildman–Crippen MR) is 84.6 cm³/mol. The summed E-state index contributed by atoms with van der Waals surface area (Å²) in [5.74, 6) is 0. The van der Waals surface area contributed by atoms with Gasteiger partial charge >= 0.3 is 0 Å². The molecule has 20 heavy (non-hydrogen) atoms. The van der Waals surface area contributed by atoms with Crippen molar-refractivity contribution in [3.05, 3.63) is 21.8 Å². The summed E-state index contributed by atoms with van der Waals surface area (Å²) in [6.07, 6.45) is 2.21. The summed E-state index contributed by atoms with van der Waals surface area (Å²) in [6.45, 7) is 4.92. The second kappa shape index (κ2) is 5.49. The Labute approximate surface area is 125 Å². The lowest BCUT2D eigenvalue weighted by Gasteiger charge is -1.98. The number of hydrogen-bond donors (Lipinski definition) is 1. The highest BCUT2D eigenvalue weighted by Gasteiger charge is 2.11. The van der Waals surface area contributed by atoms with E-state index in [0.29, 0.717) is 0 Å². The molecule has 0 aliphatic rings. The molecule has 0 amide bonds. The molecule has 106 valence electrons. The molecule has 0 aliphatic heterocycles. The average Bonchev–Trinajstić information content (AvgIpc) is 3.07. The molecule has 3 aromatic heterocycles. The molecule has 1 N–H and O–H groups in total. The summed E-state index contributed by atoms with van der Waals surface area (Å²) < 4.78 is 2.98. The van der Waals surface area contributed by atoms with E-state index in [-0.39, 0.29) is 0 Å². The lowest BCUT2D eigenvalue weighted by molar-refractivity contribution is 0.774. The molecule has 3 aromatic rings. The van der Waals surface area contributed by atoms with E-state index in [0.717, 1.165) is 46.3 Å². The maximum Gasteiger partial charge on any atom is 0.185 e. The van der Waals surface area contributed by atoms with Gasteiger partial charge in [0, 0.05) is 12.4 Å². The summed E-state index contributed by atoms with van der Waals surface area (Å²) in [6, 6.07) is 0. The van der Waals surface area contributed by atoms with Crippen molar-refractivity contribution in [3.8, 4) is 0 Å². The van der Waals surface area contributed by atoms with Gasteiger partial charge in [-0.3, -0.25) is 0 Å². The van der Waals surface area contributed by atoms with E-state index in [1.807, 2.05) is 18.7 Å². The van der Waals surface area contributed by atoms with Crippen molar-refractivity contribution in [1.29, 1.82) is 0 Å². The molecule has 7 heteroatoms. The Morgan fingerprint density at radius 3 is 2.95 bits per heavy atom. The molecule has 5 nitrogen and oxygen atoms in total. The van der Waals surface area contributed by atoms with Crippen LogP contribution < -0.4 is 5.32 Å². The lowest BCUT2D eigenvalue weighted by Crippen LogP contribution is -2.00. The standard InChI is InChI=1S/C13H17N5S2/c1-4-5-10-15-9(7-19-10)6-14-13-16-12-11(20-13)8(2)17-18(12)3/h7H,4-6H2,1-3H3,(H,14,16). The van der Waals surface area contributed by atoms with Crippen LogP contribution in [0.4, 0.5) is 5.13 Å². The zero-order valence-corrected chi connectivity index (χ0v) is 13.4. The van der Waals surface area contributed by atoms with Crippen molar-refractivity contribution < 1.29 is 0 Å². The molecule has 0 saturated carbocycles. The Kier molecular flexibility index (Phi) is 3.71. The largest absolute Gasteiger partial charge is 0.356 e. The number of nitrogens with zero attached hydrogens (tertiary/aromatic N) is 4. The number of aryl methyl sites for hydroxylation is 3. The molecule has 0 saturated heterocycles. The lowest BCUT2D eigenvalue weighted by atomic mass is 10.3. The second-order valence-electron chi connectivity index (χ2n) is 4.72. The van der Waals surface area contributed by atoms with E-state index in [2.05, 4.69) is 32.7 Å². The SMILES string of the molecule is CCCc1nc(CNc2nc3c(s2)c(C)nn3C)cs1. The van der Waals surface area contributed by atoms with Crippen LogP contribution in [0.1, 0.15) is 29.7 Å². The monoisotopic (exact) mass is 307 g/mol. The first-order valence-corrected chi connectivity index (χ1v) is 8.34. The van der Waals surface area contributed by atoms with E-state index in [1.54, 1.807) is 22.7 Å². The van der Waals surface area contributed by atoms with Gasteiger partial charge in [0.2, 0.25) is 0 Å². The second-order valence-corrected chi connectivity index (χ2v) is 6.66. The molecule has 0 fully saturated rings. The zero-order chi connectivity index (χ0) is 14.1. The summed E-state index contributed by atoms with van der Waals surface area (Å²) in [4.78, 5) is 9.18. The molecule has 0 bridgehead atoms. The molecular weight excluding hydrogens is 290 g/mol. The minimum absolute atomic E-state index is 0.729. The number of aromatic nitrogens is 4. The Morgan fingerprint density at radius 1 is 1.35 bits per heavy atom. The van der Waals surface area contributed by atoms with E-state index in [9.17, 15) is 0 Å². The third kappa shape index (κ3) is 2.55. The topological polar surface area (TPSA) is 55.6 Å². The molecule has 3 heterocycles. The highest BCUT2D eigenvalue weighted by atomic mass is 32.1. The van der Waals surface area contributed by atoms with Crippen LogP contribution in [0.2, 0.25) is 0 Å². The molecule has 0 aliphatic carbocycles. The van der Waals surface area contributed by atoms with Gasteiger partial charge in [0.1, 0.15) is 0 Å². The van der Waals surface area contributed by atoms with Crippen molar-refractivity contribution in [3.63, 3.8) is 0 Å². The van der Waals surface area contributed by atoms with Gasteiger partial charge in [-0.1, -0.05) is 18.3 Å². The molecular formula is C13H17N5S2. The first-order chi connectivity index (χ1) is 9.67. The number of nitrogens with one attached hydrogen (secondary N) is 1. The predicted octanol–water partition coefficient (Wildman–Crippen LogP) is 3.36. The Bertz CT molecular complexity index is 690. The van der Waals surface area contributed by atoms with Gasteiger partial charge in [0.15, 0.2) is 10.8 Å². The van der Waals surface area contributed by atoms with Crippen LogP contribution in [-0.4, -0.2) is 19.7 Å². The third-order valence-corrected chi connectivity index (χ3v) is 5.10. The van der Waals surface area contributed by atoms with Gasteiger partial charge in [-0.2, -0.15) is 5.10 Å². The van der Waals surface area contributed by atoms with Gasteiger partial charge in [-0.25, -0.2) is 14.6 Å². The number of fused-ring (bicyclic) bond motifs is 1. The van der Waals surface area contributed by atoms with Crippen LogP contribution in [0.25, 0.3) is 10.3 Å². The smallest absolute Gasteiger partial charge is 0.185 e.